The third-order valence-corrected chi connectivity index (χ3v) is 6.94. The first-order chi connectivity index (χ1) is 12.3. The van der Waals surface area contributed by atoms with E-state index in [2.05, 4.69) is 62.4 Å². The van der Waals surface area contributed by atoms with Crippen LogP contribution in [0.25, 0.3) is 5.57 Å². The van der Waals surface area contributed by atoms with E-state index >= 15 is 0 Å². The highest BCUT2D eigenvalue weighted by Gasteiger charge is 2.37. The molecule has 0 spiro atoms. The van der Waals surface area contributed by atoms with Crippen LogP contribution in [0.15, 0.2) is 48.6 Å². The van der Waals surface area contributed by atoms with Gasteiger partial charge >= 0.3 is 0 Å². The molecule has 1 atom stereocenters. The van der Waals surface area contributed by atoms with Crippen molar-refractivity contribution in [1.82, 2.24) is 0 Å². The molecule has 1 fully saturated rings. The maximum atomic E-state index is 2.58. The molecule has 0 heterocycles. The second-order valence-corrected chi connectivity index (χ2v) is 8.36. The van der Waals surface area contributed by atoms with Crippen molar-refractivity contribution < 1.29 is 0 Å². The number of hydrogen-bond acceptors (Lipinski definition) is 0. The molecule has 0 aromatic heterocycles. The van der Waals surface area contributed by atoms with Gasteiger partial charge in [0.05, 0.1) is 0 Å². The van der Waals surface area contributed by atoms with E-state index in [0.717, 1.165) is 11.8 Å². The molecule has 2 aliphatic carbocycles. The molecule has 0 N–H and O–H groups in total. The van der Waals surface area contributed by atoms with Gasteiger partial charge < -0.3 is 0 Å². The van der Waals surface area contributed by atoms with Gasteiger partial charge in [0.1, 0.15) is 0 Å². The van der Waals surface area contributed by atoms with Crippen LogP contribution in [0.2, 0.25) is 0 Å². The molecular formula is C25H36. The van der Waals surface area contributed by atoms with Crippen LogP contribution in [0.3, 0.4) is 0 Å². The average molecular weight is 337 g/mol. The smallest absolute Gasteiger partial charge is 0.00545 e. The quantitative estimate of drug-likeness (QED) is 0.445. The Hall–Kier alpha value is -1.30. The Kier molecular flexibility index (Phi) is 6.57. The van der Waals surface area contributed by atoms with Gasteiger partial charge in [0, 0.05) is 0 Å². The maximum absolute atomic E-state index is 2.58. The van der Waals surface area contributed by atoms with Crippen molar-refractivity contribution in [3.8, 4) is 0 Å². The molecule has 1 aromatic carbocycles. The van der Waals surface area contributed by atoms with E-state index in [1.54, 1.807) is 0 Å². The monoisotopic (exact) mass is 336 g/mol. The minimum absolute atomic E-state index is 0.423. The normalized spacial score (nSPS) is 29.4. The summed E-state index contributed by atoms with van der Waals surface area (Å²) in [7, 11) is 0. The first-order valence-electron chi connectivity index (χ1n) is 10.7. The Morgan fingerprint density at radius 3 is 2.32 bits per heavy atom. The Morgan fingerprint density at radius 2 is 1.72 bits per heavy atom. The molecule has 3 rings (SSSR count). The van der Waals surface area contributed by atoms with Crippen LogP contribution in [-0.2, 0) is 0 Å². The summed E-state index contributed by atoms with van der Waals surface area (Å²) in [5.41, 5.74) is 3.20. The molecule has 0 nitrogen and oxygen atoms in total. The molecule has 0 bridgehead atoms. The van der Waals surface area contributed by atoms with E-state index in [-0.39, 0.29) is 0 Å². The van der Waals surface area contributed by atoms with Crippen LogP contribution in [0, 0.1) is 17.3 Å². The van der Waals surface area contributed by atoms with E-state index in [1.807, 2.05) is 0 Å². The zero-order valence-electron chi connectivity index (χ0n) is 16.3. The van der Waals surface area contributed by atoms with Gasteiger partial charge in [-0.1, -0.05) is 101 Å². The van der Waals surface area contributed by atoms with Crippen molar-refractivity contribution in [2.24, 2.45) is 17.3 Å². The molecule has 2 aliphatic rings. The SMILES string of the molecule is CCCCC[C@H]1CC[C@H](C2(CC)C=CC(c3ccccc3)=CC2)CC1. The van der Waals surface area contributed by atoms with Crippen LogP contribution >= 0.6 is 0 Å². The summed E-state index contributed by atoms with van der Waals surface area (Å²) in [4.78, 5) is 0. The van der Waals surface area contributed by atoms with E-state index < -0.39 is 0 Å². The fourth-order valence-electron chi connectivity index (χ4n) is 5.10. The summed E-state index contributed by atoms with van der Waals surface area (Å²) in [6.45, 7) is 4.72. The van der Waals surface area contributed by atoms with Gasteiger partial charge in [0.2, 0.25) is 0 Å². The van der Waals surface area contributed by atoms with Gasteiger partial charge in [-0.25, -0.2) is 0 Å². The summed E-state index contributed by atoms with van der Waals surface area (Å²) in [6, 6.07) is 10.9. The van der Waals surface area contributed by atoms with Crippen molar-refractivity contribution in [1.29, 1.82) is 0 Å². The lowest BCUT2D eigenvalue weighted by Gasteiger charge is -2.43. The molecule has 1 unspecified atom stereocenters. The van der Waals surface area contributed by atoms with Crippen LogP contribution < -0.4 is 0 Å². The highest BCUT2D eigenvalue weighted by molar-refractivity contribution is 5.75. The lowest BCUT2D eigenvalue weighted by molar-refractivity contribution is 0.135. The van der Waals surface area contributed by atoms with Gasteiger partial charge in [-0.15, -0.1) is 0 Å². The van der Waals surface area contributed by atoms with E-state index in [4.69, 9.17) is 0 Å². The number of unbranched alkanes of at least 4 members (excludes halogenated alkanes) is 2. The molecule has 136 valence electrons. The summed E-state index contributed by atoms with van der Waals surface area (Å²) < 4.78 is 0. The van der Waals surface area contributed by atoms with Crippen LogP contribution in [0.4, 0.5) is 0 Å². The predicted molar refractivity (Wildman–Crippen MR) is 110 cm³/mol. The highest BCUT2D eigenvalue weighted by Crippen LogP contribution is 2.49. The molecule has 1 saturated carbocycles. The zero-order valence-corrected chi connectivity index (χ0v) is 16.3. The minimum Gasteiger partial charge on any atom is -0.0771 e. The molecule has 0 saturated heterocycles. The van der Waals surface area contributed by atoms with Gasteiger partial charge in [-0.2, -0.15) is 0 Å². The molecule has 0 amide bonds. The first-order valence-corrected chi connectivity index (χ1v) is 10.7. The van der Waals surface area contributed by atoms with Crippen molar-refractivity contribution in [3.05, 3.63) is 54.1 Å². The van der Waals surface area contributed by atoms with E-state index in [9.17, 15) is 0 Å². The molecule has 25 heavy (non-hydrogen) atoms. The minimum atomic E-state index is 0.423. The zero-order chi connectivity index (χ0) is 17.5. The second kappa shape index (κ2) is 8.88. The Balaban J connectivity index is 1.59. The van der Waals surface area contributed by atoms with E-state index in [1.165, 1.54) is 75.3 Å². The molecule has 0 radical (unpaired) electrons. The third-order valence-electron chi connectivity index (χ3n) is 6.94. The highest BCUT2D eigenvalue weighted by atomic mass is 14.4. The predicted octanol–water partition coefficient (Wildman–Crippen LogP) is 7.81. The fraction of sp³-hybridized carbons (Fsp3) is 0.600. The number of benzene rings is 1. The summed E-state index contributed by atoms with van der Waals surface area (Å²) in [6.07, 6.45) is 21.6. The van der Waals surface area contributed by atoms with Crippen molar-refractivity contribution in [3.63, 3.8) is 0 Å². The van der Waals surface area contributed by atoms with Gasteiger partial charge in [-0.3, -0.25) is 0 Å². The topological polar surface area (TPSA) is 0 Å². The van der Waals surface area contributed by atoms with Gasteiger partial charge in [0.25, 0.3) is 0 Å². The summed E-state index contributed by atoms with van der Waals surface area (Å²) in [5.74, 6) is 1.91. The fourth-order valence-corrected chi connectivity index (χ4v) is 5.10. The van der Waals surface area contributed by atoms with Crippen LogP contribution in [0.5, 0.6) is 0 Å². The largest absolute Gasteiger partial charge is 0.0771 e. The Bertz CT molecular complexity index is 571. The van der Waals surface area contributed by atoms with Crippen molar-refractivity contribution in [2.45, 2.75) is 78.1 Å². The molecule has 1 aromatic rings. The van der Waals surface area contributed by atoms with Crippen molar-refractivity contribution >= 4 is 5.57 Å². The molecule has 0 heteroatoms. The Labute approximate surface area is 155 Å². The number of rotatable bonds is 7. The number of allylic oxidation sites excluding steroid dienone is 4. The standard InChI is InChI=1S/C25H36/c1-3-5-7-10-21-13-15-24(16-14-21)25(4-2)19-17-23(18-20-25)22-11-8-6-9-12-22/h6,8-9,11-12,17-19,21,24H,3-5,7,10,13-16,20H2,1-2H3/t21-,24-,25?. The lowest BCUT2D eigenvalue weighted by atomic mass is 9.62. The van der Waals surface area contributed by atoms with E-state index in [0.29, 0.717) is 5.41 Å². The lowest BCUT2D eigenvalue weighted by Crippen LogP contribution is -2.32. The third kappa shape index (κ3) is 4.46. The van der Waals surface area contributed by atoms with Crippen molar-refractivity contribution in [2.75, 3.05) is 0 Å². The second-order valence-electron chi connectivity index (χ2n) is 8.36. The molecule has 0 aliphatic heterocycles. The number of hydrogen-bond donors (Lipinski definition) is 0. The first kappa shape index (κ1) is 18.5. The average Bonchev–Trinajstić information content (AvgIpc) is 2.69. The van der Waals surface area contributed by atoms with Gasteiger partial charge in [0.15, 0.2) is 0 Å². The van der Waals surface area contributed by atoms with Crippen LogP contribution in [-0.4, -0.2) is 0 Å². The van der Waals surface area contributed by atoms with Gasteiger partial charge in [-0.05, 0) is 54.1 Å². The Morgan fingerprint density at radius 1 is 0.960 bits per heavy atom. The summed E-state index contributed by atoms with van der Waals surface area (Å²) in [5, 5.41) is 0. The molecular weight excluding hydrogens is 300 g/mol. The van der Waals surface area contributed by atoms with Crippen LogP contribution in [0.1, 0.15) is 83.6 Å². The summed E-state index contributed by atoms with van der Waals surface area (Å²) >= 11 is 0. The maximum Gasteiger partial charge on any atom is -0.00545 e.